The number of aromatic amines is 1. The Balaban J connectivity index is 1.48. The minimum absolute atomic E-state index is 0.0243. The van der Waals surface area contributed by atoms with Crippen LogP contribution in [0.3, 0.4) is 0 Å². The first-order valence-corrected chi connectivity index (χ1v) is 9.27. The lowest BCUT2D eigenvalue weighted by molar-refractivity contribution is -0.135. The molecule has 2 N–H and O–H groups in total. The maximum atomic E-state index is 12.4. The van der Waals surface area contributed by atoms with Gasteiger partial charge in [-0.25, -0.2) is 10.5 Å². The molecule has 1 heterocycles. The summed E-state index contributed by atoms with van der Waals surface area (Å²) >= 11 is 0. The lowest BCUT2D eigenvalue weighted by Crippen LogP contribution is -2.22. The Labute approximate surface area is 170 Å². The molecule has 1 aliphatic rings. The number of amides is 1. The quantitative estimate of drug-likeness (QED) is 0.279. The number of benzene rings is 2. The minimum atomic E-state index is -0.569. The molecular formula is C21H18N4O5. The molecule has 9 nitrogen and oxygen atoms in total. The summed E-state index contributed by atoms with van der Waals surface area (Å²) in [6, 6.07) is 11.6. The van der Waals surface area contributed by atoms with E-state index in [4.69, 9.17) is 9.47 Å². The van der Waals surface area contributed by atoms with Gasteiger partial charge < -0.3 is 9.47 Å². The predicted octanol–water partition coefficient (Wildman–Crippen LogP) is 2.01. The van der Waals surface area contributed by atoms with Gasteiger partial charge in [-0.3, -0.25) is 14.4 Å². The van der Waals surface area contributed by atoms with E-state index < -0.39 is 5.91 Å². The number of methoxy groups -OCH3 is 1. The van der Waals surface area contributed by atoms with Gasteiger partial charge in [0.05, 0.1) is 24.6 Å². The Morgan fingerprint density at radius 3 is 2.67 bits per heavy atom. The lowest BCUT2D eigenvalue weighted by atomic mass is 10.1. The van der Waals surface area contributed by atoms with E-state index in [0.29, 0.717) is 27.8 Å². The van der Waals surface area contributed by atoms with Gasteiger partial charge in [-0.2, -0.15) is 10.2 Å². The third-order valence-electron chi connectivity index (χ3n) is 4.60. The Morgan fingerprint density at radius 2 is 1.93 bits per heavy atom. The second-order valence-corrected chi connectivity index (χ2v) is 6.75. The van der Waals surface area contributed by atoms with Crippen LogP contribution in [0.4, 0.5) is 0 Å². The summed E-state index contributed by atoms with van der Waals surface area (Å²) in [7, 11) is 1.47. The summed E-state index contributed by atoms with van der Waals surface area (Å²) in [6.45, 7) is 0. The van der Waals surface area contributed by atoms with Crippen molar-refractivity contribution in [2.75, 3.05) is 7.11 Å². The fraction of sp³-hybridized carbons (Fsp3) is 0.190. The van der Waals surface area contributed by atoms with Crippen LogP contribution in [0.25, 0.3) is 10.8 Å². The van der Waals surface area contributed by atoms with Crippen molar-refractivity contribution in [3.8, 4) is 11.5 Å². The average molecular weight is 406 g/mol. The number of hydrazone groups is 1. The molecule has 0 unspecified atom stereocenters. The number of aromatic nitrogens is 2. The summed E-state index contributed by atoms with van der Waals surface area (Å²) < 4.78 is 10.6. The van der Waals surface area contributed by atoms with Crippen LogP contribution in [-0.4, -0.2) is 35.4 Å². The standard InChI is InChI=1S/C21H18N4O5/c1-29-17-10-12(6-9-16(17)30-21(28)13-7-8-13)11-22-24-20(27)18-14-4-2-3-5-15(14)19(26)25-23-18/h2-6,9-11,13H,7-8H2,1H3,(H,24,27)(H,25,26)/b22-11-. The fourth-order valence-electron chi connectivity index (χ4n) is 2.87. The molecule has 1 saturated carbocycles. The normalized spacial score (nSPS) is 13.4. The molecule has 30 heavy (non-hydrogen) atoms. The van der Waals surface area contributed by atoms with E-state index in [9.17, 15) is 14.4 Å². The molecule has 152 valence electrons. The van der Waals surface area contributed by atoms with Gasteiger partial charge in [0, 0.05) is 5.39 Å². The first kappa shape index (κ1) is 19.3. The van der Waals surface area contributed by atoms with E-state index in [-0.39, 0.29) is 23.1 Å². The van der Waals surface area contributed by atoms with Crippen molar-refractivity contribution < 1.29 is 19.1 Å². The summed E-state index contributed by atoms with van der Waals surface area (Å²) in [5, 5.41) is 10.9. The third kappa shape index (κ3) is 4.04. The van der Waals surface area contributed by atoms with E-state index in [0.717, 1.165) is 12.8 Å². The maximum Gasteiger partial charge on any atom is 0.314 e. The van der Waals surface area contributed by atoms with Crippen molar-refractivity contribution in [2.45, 2.75) is 12.8 Å². The molecule has 0 spiro atoms. The summed E-state index contributed by atoms with van der Waals surface area (Å²) in [5.41, 5.74) is 2.69. The maximum absolute atomic E-state index is 12.4. The third-order valence-corrected chi connectivity index (χ3v) is 4.60. The van der Waals surface area contributed by atoms with Gasteiger partial charge in [-0.1, -0.05) is 18.2 Å². The first-order valence-electron chi connectivity index (χ1n) is 9.27. The number of nitrogens with zero attached hydrogens (tertiary/aromatic N) is 2. The van der Waals surface area contributed by atoms with Crippen molar-refractivity contribution in [3.63, 3.8) is 0 Å². The Morgan fingerprint density at radius 1 is 1.17 bits per heavy atom. The van der Waals surface area contributed by atoms with Crippen LogP contribution in [0, 0.1) is 5.92 Å². The van der Waals surface area contributed by atoms with Gasteiger partial charge in [0.2, 0.25) is 0 Å². The van der Waals surface area contributed by atoms with E-state index in [1.165, 1.54) is 13.3 Å². The molecule has 4 rings (SSSR count). The number of carbonyl (C=O) groups is 2. The van der Waals surface area contributed by atoms with Gasteiger partial charge in [-0.05, 0) is 42.7 Å². The topological polar surface area (TPSA) is 123 Å². The van der Waals surface area contributed by atoms with Crippen LogP contribution >= 0.6 is 0 Å². The monoisotopic (exact) mass is 406 g/mol. The number of nitrogens with one attached hydrogen (secondary N) is 2. The molecule has 0 aliphatic heterocycles. The molecule has 1 fully saturated rings. The average Bonchev–Trinajstić information content (AvgIpc) is 3.60. The van der Waals surface area contributed by atoms with Crippen LogP contribution in [0.5, 0.6) is 11.5 Å². The number of rotatable bonds is 6. The zero-order chi connectivity index (χ0) is 21.1. The molecule has 2 aromatic carbocycles. The zero-order valence-electron chi connectivity index (χ0n) is 16.0. The van der Waals surface area contributed by atoms with Crippen molar-refractivity contribution in [3.05, 3.63) is 64.1 Å². The van der Waals surface area contributed by atoms with Crippen LogP contribution in [0.2, 0.25) is 0 Å². The molecule has 0 bridgehead atoms. The van der Waals surface area contributed by atoms with Gasteiger partial charge in [0.1, 0.15) is 0 Å². The highest BCUT2D eigenvalue weighted by Crippen LogP contribution is 2.34. The molecule has 1 aromatic heterocycles. The molecule has 9 heteroatoms. The van der Waals surface area contributed by atoms with E-state index in [2.05, 4.69) is 20.7 Å². The molecule has 3 aromatic rings. The highest BCUT2D eigenvalue weighted by molar-refractivity contribution is 6.04. The zero-order valence-corrected chi connectivity index (χ0v) is 16.0. The van der Waals surface area contributed by atoms with Crippen molar-refractivity contribution in [1.29, 1.82) is 0 Å². The first-order chi connectivity index (χ1) is 14.6. The Kier molecular flexibility index (Phi) is 5.25. The van der Waals surface area contributed by atoms with Crippen molar-refractivity contribution in [1.82, 2.24) is 15.6 Å². The molecule has 0 saturated heterocycles. The van der Waals surface area contributed by atoms with E-state index >= 15 is 0 Å². The highest BCUT2D eigenvalue weighted by Gasteiger charge is 2.32. The fourth-order valence-corrected chi connectivity index (χ4v) is 2.87. The summed E-state index contributed by atoms with van der Waals surface area (Å²) in [6.07, 6.45) is 3.12. The molecule has 1 amide bonds. The molecule has 0 radical (unpaired) electrons. The second kappa shape index (κ2) is 8.16. The smallest absolute Gasteiger partial charge is 0.314 e. The number of carbonyl (C=O) groups excluding carboxylic acids is 2. The van der Waals surface area contributed by atoms with E-state index in [1.54, 1.807) is 42.5 Å². The molecular weight excluding hydrogens is 388 g/mol. The van der Waals surface area contributed by atoms with Gasteiger partial charge in [0.15, 0.2) is 17.2 Å². The summed E-state index contributed by atoms with van der Waals surface area (Å²) in [4.78, 5) is 36.1. The summed E-state index contributed by atoms with van der Waals surface area (Å²) in [5.74, 6) is -0.140. The molecule has 1 aliphatic carbocycles. The molecule has 0 atom stereocenters. The SMILES string of the molecule is COc1cc(/C=N\NC(=O)c2n[nH]c(=O)c3ccccc23)ccc1OC(=O)C1CC1. The van der Waals surface area contributed by atoms with Crippen LogP contribution in [0.15, 0.2) is 52.4 Å². The number of hydrogen-bond donors (Lipinski definition) is 2. The number of fused-ring (bicyclic) bond motifs is 1. The van der Waals surface area contributed by atoms with Crippen LogP contribution in [-0.2, 0) is 4.79 Å². The number of hydrogen-bond acceptors (Lipinski definition) is 7. The Hall–Kier alpha value is -4.01. The van der Waals surface area contributed by atoms with Gasteiger partial charge in [-0.15, -0.1) is 0 Å². The van der Waals surface area contributed by atoms with Gasteiger partial charge in [0.25, 0.3) is 11.5 Å². The Bertz CT molecular complexity index is 1210. The van der Waals surface area contributed by atoms with Crippen molar-refractivity contribution >= 4 is 28.9 Å². The lowest BCUT2D eigenvalue weighted by Gasteiger charge is -2.09. The highest BCUT2D eigenvalue weighted by atomic mass is 16.6. The predicted molar refractivity (Wildman–Crippen MR) is 109 cm³/mol. The van der Waals surface area contributed by atoms with Crippen molar-refractivity contribution in [2.24, 2.45) is 11.0 Å². The number of esters is 1. The van der Waals surface area contributed by atoms with Crippen LogP contribution in [0.1, 0.15) is 28.9 Å². The largest absolute Gasteiger partial charge is 0.493 e. The van der Waals surface area contributed by atoms with E-state index in [1.807, 2.05) is 0 Å². The van der Waals surface area contributed by atoms with Crippen LogP contribution < -0.4 is 20.5 Å². The minimum Gasteiger partial charge on any atom is -0.493 e. The second-order valence-electron chi connectivity index (χ2n) is 6.75. The number of H-pyrrole nitrogens is 1. The number of ether oxygens (including phenoxy) is 2. The van der Waals surface area contributed by atoms with Gasteiger partial charge >= 0.3 is 5.97 Å².